The van der Waals surface area contributed by atoms with Crippen LogP contribution in [-0.4, -0.2) is 24.8 Å². The van der Waals surface area contributed by atoms with E-state index in [9.17, 15) is 4.79 Å². The van der Waals surface area contributed by atoms with E-state index in [1.807, 2.05) is 6.92 Å². The van der Waals surface area contributed by atoms with Gasteiger partial charge >= 0.3 is 5.97 Å². The van der Waals surface area contributed by atoms with Gasteiger partial charge in [0.1, 0.15) is 0 Å². The number of carboxylic acid groups (broad SMARTS) is 1. The Balaban J connectivity index is 3.66. The van der Waals surface area contributed by atoms with Gasteiger partial charge in [-0.25, -0.2) is 4.79 Å². The fourth-order valence-corrected chi connectivity index (χ4v) is 0.851. The van der Waals surface area contributed by atoms with Gasteiger partial charge in [-0.15, -0.1) is 0 Å². The first-order valence-corrected chi connectivity index (χ1v) is 3.48. The van der Waals surface area contributed by atoms with Crippen molar-refractivity contribution in [2.75, 3.05) is 13.7 Å². The Morgan fingerprint density at radius 3 is 2.64 bits per heavy atom. The number of methoxy groups -OCH3 is 1. The molecule has 0 bridgehead atoms. The topological polar surface area (TPSA) is 46.5 Å². The average molecular weight is 158 g/mol. The zero-order valence-electron chi connectivity index (χ0n) is 6.96. The maximum atomic E-state index is 10.3. The lowest BCUT2D eigenvalue weighted by molar-refractivity contribution is -0.132. The Bertz CT molecular complexity index is 151. The number of aliphatic carboxylic acids is 1. The van der Waals surface area contributed by atoms with Crippen molar-refractivity contribution in [2.45, 2.75) is 13.3 Å². The van der Waals surface area contributed by atoms with Gasteiger partial charge in [0.2, 0.25) is 0 Å². The summed E-state index contributed by atoms with van der Waals surface area (Å²) < 4.78 is 4.85. The SMILES string of the molecule is C=C(CC(C)COC)C(=O)O. The highest BCUT2D eigenvalue weighted by Gasteiger charge is 2.08. The van der Waals surface area contributed by atoms with Crippen molar-refractivity contribution in [3.63, 3.8) is 0 Å². The van der Waals surface area contributed by atoms with Crippen molar-refractivity contribution in [1.82, 2.24) is 0 Å². The molecule has 3 heteroatoms. The van der Waals surface area contributed by atoms with E-state index < -0.39 is 5.97 Å². The molecule has 0 aromatic carbocycles. The minimum atomic E-state index is -0.923. The summed E-state index contributed by atoms with van der Waals surface area (Å²) in [5, 5.41) is 8.46. The summed E-state index contributed by atoms with van der Waals surface area (Å²) in [6.07, 6.45) is 0.489. The highest BCUT2D eigenvalue weighted by molar-refractivity contribution is 5.85. The molecule has 0 aliphatic rings. The summed E-state index contributed by atoms with van der Waals surface area (Å²) in [5.74, 6) is -0.698. The largest absolute Gasteiger partial charge is 0.478 e. The van der Waals surface area contributed by atoms with Gasteiger partial charge in [-0.05, 0) is 12.3 Å². The van der Waals surface area contributed by atoms with E-state index >= 15 is 0 Å². The molecule has 0 aliphatic heterocycles. The van der Waals surface area contributed by atoms with E-state index in [-0.39, 0.29) is 11.5 Å². The summed E-state index contributed by atoms with van der Waals surface area (Å²) in [6, 6.07) is 0. The van der Waals surface area contributed by atoms with Crippen molar-refractivity contribution in [1.29, 1.82) is 0 Å². The first-order valence-electron chi connectivity index (χ1n) is 3.48. The number of ether oxygens (including phenoxy) is 1. The normalized spacial score (nSPS) is 12.5. The first kappa shape index (κ1) is 10.2. The number of hydrogen-bond acceptors (Lipinski definition) is 2. The summed E-state index contributed by atoms with van der Waals surface area (Å²) >= 11 is 0. The average Bonchev–Trinajstić information content (AvgIpc) is 1.87. The molecule has 3 nitrogen and oxygen atoms in total. The first-order chi connectivity index (χ1) is 5.07. The van der Waals surface area contributed by atoms with Crippen LogP contribution in [0, 0.1) is 5.92 Å². The predicted molar refractivity (Wildman–Crippen MR) is 42.4 cm³/mol. The van der Waals surface area contributed by atoms with Crippen LogP contribution in [-0.2, 0) is 9.53 Å². The molecule has 0 saturated carbocycles. The predicted octanol–water partition coefficient (Wildman–Crippen LogP) is 1.30. The third kappa shape index (κ3) is 4.56. The molecular weight excluding hydrogens is 144 g/mol. The van der Waals surface area contributed by atoms with Gasteiger partial charge in [-0.2, -0.15) is 0 Å². The Labute approximate surface area is 66.7 Å². The van der Waals surface area contributed by atoms with Gasteiger partial charge in [0.15, 0.2) is 0 Å². The van der Waals surface area contributed by atoms with Crippen LogP contribution in [0.25, 0.3) is 0 Å². The molecule has 0 aliphatic carbocycles. The van der Waals surface area contributed by atoms with Crippen LogP contribution in [0.2, 0.25) is 0 Å². The quantitative estimate of drug-likeness (QED) is 0.613. The molecule has 0 heterocycles. The third-order valence-corrected chi connectivity index (χ3v) is 1.35. The number of carbonyl (C=O) groups is 1. The van der Waals surface area contributed by atoms with Gasteiger partial charge in [0, 0.05) is 19.3 Å². The molecule has 1 atom stereocenters. The molecule has 1 unspecified atom stereocenters. The molecule has 0 radical (unpaired) electrons. The molecular formula is C8H14O3. The molecule has 0 aromatic heterocycles. The Morgan fingerprint density at radius 1 is 1.73 bits per heavy atom. The minimum Gasteiger partial charge on any atom is -0.478 e. The number of rotatable bonds is 5. The molecule has 0 rings (SSSR count). The molecule has 64 valence electrons. The fraction of sp³-hybridized carbons (Fsp3) is 0.625. The second-order valence-corrected chi connectivity index (χ2v) is 2.67. The van der Waals surface area contributed by atoms with Gasteiger partial charge in [-0.3, -0.25) is 0 Å². The van der Waals surface area contributed by atoms with Gasteiger partial charge in [0.25, 0.3) is 0 Å². The second-order valence-electron chi connectivity index (χ2n) is 2.67. The Kier molecular flexibility index (Phi) is 4.54. The standard InChI is InChI=1S/C8H14O3/c1-6(5-11-3)4-7(2)8(9)10/h6H,2,4-5H2,1,3H3,(H,9,10). The Hall–Kier alpha value is -0.830. The smallest absolute Gasteiger partial charge is 0.330 e. The zero-order chi connectivity index (χ0) is 8.85. The van der Waals surface area contributed by atoms with Crippen LogP contribution in [0.15, 0.2) is 12.2 Å². The lowest BCUT2D eigenvalue weighted by Gasteiger charge is -2.08. The van der Waals surface area contributed by atoms with E-state index in [4.69, 9.17) is 9.84 Å². The van der Waals surface area contributed by atoms with Crippen LogP contribution < -0.4 is 0 Å². The summed E-state index contributed by atoms with van der Waals surface area (Å²) in [4.78, 5) is 10.3. The van der Waals surface area contributed by atoms with E-state index in [0.29, 0.717) is 13.0 Å². The van der Waals surface area contributed by atoms with Crippen LogP contribution >= 0.6 is 0 Å². The van der Waals surface area contributed by atoms with E-state index in [2.05, 4.69) is 6.58 Å². The molecule has 0 fully saturated rings. The highest BCUT2D eigenvalue weighted by atomic mass is 16.5. The number of hydrogen-bond donors (Lipinski definition) is 1. The van der Waals surface area contributed by atoms with E-state index in [1.54, 1.807) is 7.11 Å². The lowest BCUT2D eigenvalue weighted by atomic mass is 10.0. The monoisotopic (exact) mass is 158 g/mol. The Morgan fingerprint density at radius 2 is 2.27 bits per heavy atom. The van der Waals surface area contributed by atoms with Gasteiger partial charge in [0.05, 0.1) is 0 Å². The van der Waals surface area contributed by atoms with Gasteiger partial charge < -0.3 is 9.84 Å². The zero-order valence-corrected chi connectivity index (χ0v) is 6.96. The molecule has 0 saturated heterocycles. The van der Waals surface area contributed by atoms with Crippen molar-refractivity contribution in [3.05, 3.63) is 12.2 Å². The van der Waals surface area contributed by atoms with E-state index in [0.717, 1.165) is 0 Å². The number of carboxylic acids is 1. The lowest BCUT2D eigenvalue weighted by Crippen LogP contribution is -2.08. The van der Waals surface area contributed by atoms with Crippen LogP contribution in [0.4, 0.5) is 0 Å². The third-order valence-electron chi connectivity index (χ3n) is 1.35. The summed E-state index contributed by atoms with van der Waals surface area (Å²) in [5.41, 5.74) is 0.245. The molecule has 0 spiro atoms. The molecule has 0 aromatic rings. The van der Waals surface area contributed by atoms with Crippen molar-refractivity contribution in [3.8, 4) is 0 Å². The maximum absolute atomic E-state index is 10.3. The maximum Gasteiger partial charge on any atom is 0.330 e. The molecule has 1 N–H and O–H groups in total. The molecule has 0 amide bonds. The fourth-order valence-electron chi connectivity index (χ4n) is 0.851. The van der Waals surface area contributed by atoms with E-state index in [1.165, 1.54) is 0 Å². The highest BCUT2D eigenvalue weighted by Crippen LogP contribution is 2.09. The van der Waals surface area contributed by atoms with Gasteiger partial charge in [-0.1, -0.05) is 13.5 Å². The summed E-state index contributed by atoms with van der Waals surface area (Å²) in [7, 11) is 1.60. The van der Waals surface area contributed by atoms with Crippen molar-refractivity contribution in [2.24, 2.45) is 5.92 Å². The van der Waals surface area contributed by atoms with Crippen LogP contribution in [0.1, 0.15) is 13.3 Å². The minimum absolute atomic E-state index is 0.226. The van der Waals surface area contributed by atoms with Crippen molar-refractivity contribution >= 4 is 5.97 Å². The summed E-state index contributed by atoms with van der Waals surface area (Å²) in [6.45, 7) is 5.93. The van der Waals surface area contributed by atoms with Crippen LogP contribution in [0.5, 0.6) is 0 Å². The van der Waals surface area contributed by atoms with Crippen LogP contribution in [0.3, 0.4) is 0 Å². The van der Waals surface area contributed by atoms with Crippen molar-refractivity contribution < 1.29 is 14.6 Å². The second kappa shape index (κ2) is 4.91. The molecule has 11 heavy (non-hydrogen) atoms.